The van der Waals surface area contributed by atoms with Crippen molar-refractivity contribution in [1.29, 1.82) is 0 Å². The molecule has 0 amide bonds. The summed E-state index contributed by atoms with van der Waals surface area (Å²) in [5.74, 6) is -0.959. The van der Waals surface area contributed by atoms with Crippen LogP contribution in [0.15, 0.2) is 60.7 Å². The van der Waals surface area contributed by atoms with Crippen LogP contribution < -0.4 is 11.5 Å². The van der Waals surface area contributed by atoms with E-state index in [4.69, 9.17) is 16.6 Å². The molecule has 2 aromatic carbocycles. The highest BCUT2D eigenvalue weighted by molar-refractivity contribution is 5.73. The Kier molecular flexibility index (Phi) is 7.03. The monoisotopic (exact) mass is 272 g/mol. The van der Waals surface area contributed by atoms with Gasteiger partial charge >= 0.3 is 5.97 Å². The van der Waals surface area contributed by atoms with Crippen LogP contribution in [-0.4, -0.2) is 17.1 Å². The first-order valence-corrected chi connectivity index (χ1v) is 6.39. The molecule has 0 unspecified atom stereocenters. The molecule has 2 rings (SSSR count). The molecule has 4 nitrogen and oxygen atoms in total. The zero-order valence-electron chi connectivity index (χ0n) is 11.3. The Morgan fingerprint density at radius 1 is 0.950 bits per heavy atom. The van der Waals surface area contributed by atoms with Crippen molar-refractivity contribution in [2.24, 2.45) is 11.5 Å². The zero-order valence-corrected chi connectivity index (χ0v) is 11.3. The van der Waals surface area contributed by atoms with E-state index in [0.717, 1.165) is 5.56 Å². The van der Waals surface area contributed by atoms with Crippen molar-refractivity contribution in [3.05, 3.63) is 71.8 Å². The molecule has 4 heteroatoms. The number of carboxylic acids is 1. The highest BCUT2D eigenvalue weighted by Crippen LogP contribution is 2.01. The summed E-state index contributed by atoms with van der Waals surface area (Å²) in [5, 5.41) is 8.52. The summed E-state index contributed by atoms with van der Waals surface area (Å²) in [7, 11) is 0. The Morgan fingerprint density at radius 2 is 1.40 bits per heavy atom. The summed E-state index contributed by atoms with van der Waals surface area (Å²) in [5.41, 5.74) is 12.8. The van der Waals surface area contributed by atoms with E-state index in [2.05, 4.69) is 0 Å². The number of carbonyl (C=O) groups is 1. The van der Waals surface area contributed by atoms with Crippen LogP contribution >= 0.6 is 0 Å². The first-order valence-electron chi connectivity index (χ1n) is 6.39. The number of hydrogen-bond donors (Lipinski definition) is 3. The third-order valence-corrected chi connectivity index (χ3v) is 2.69. The van der Waals surface area contributed by atoms with Gasteiger partial charge < -0.3 is 16.6 Å². The summed E-state index contributed by atoms with van der Waals surface area (Å²) in [6.07, 6.45) is 0.385. The minimum absolute atomic E-state index is 0.385. The molecular weight excluding hydrogens is 252 g/mol. The second-order valence-electron chi connectivity index (χ2n) is 4.32. The van der Waals surface area contributed by atoms with Gasteiger partial charge in [-0.1, -0.05) is 60.7 Å². The van der Waals surface area contributed by atoms with Crippen LogP contribution in [0.5, 0.6) is 0 Å². The lowest BCUT2D eigenvalue weighted by atomic mass is 10.1. The molecule has 0 aromatic heterocycles. The van der Waals surface area contributed by atoms with Gasteiger partial charge in [-0.15, -0.1) is 0 Å². The van der Waals surface area contributed by atoms with Crippen LogP contribution in [0.3, 0.4) is 0 Å². The van der Waals surface area contributed by atoms with Crippen molar-refractivity contribution >= 4 is 5.97 Å². The lowest BCUT2D eigenvalue weighted by Gasteiger charge is -2.04. The predicted octanol–water partition coefficient (Wildman–Crippen LogP) is 1.79. The van der Waals surface area contributed by atoms with Crippen molar-refractivity contribution in [2.45, 2.75) is 19.0 Å². The molecular formula is C16H20N2O2. The van der Waals surface area contributed by atoms with E-state index < -0.39 is 12.0 Å². The molecule has 0 saturated carbocycles. The number of carboxylic acid groups (broad SMARTS) is 1. The first kappa shape index (κ1) is 15.9. The number of nitrogens with two attached hydrogens (primary N) is 2. The molecule has 0 aliphatic heterocycles. The van der Waals surface area contributed by atoms with Crippen molar-refractivity contribution < 1.29 is 9.90 Å². The molecule has 0 aliphatic rings. The zero-order chi connectivity index (χ0) is 14.8. The van der Waals surface area contributed by atoms with E-state index in [1.807, 2.05) is 60.7 Å². The van der Waals surface area contributed by atoms with E-state index in [1.165, 1.54) is 5.56 Å². The van der Waals surface area contributed by atoms with E-state index in [1.54, 1.807) is 0 Å². The summed E-state index contributed by atoms with van der Waals surface area (Å²) >= 11 is 0. The quantitative estimate of drug-likeness (QED) is 0.791. The topological polar surface area (TPSA) is 89.3 Å². The maximum absolute atomic E-state index is 10.4. The minimum atomic E-state index is -0.959. The van der Waals surface area contributed by atoms with Gasteiger partial charge in [0.2, 0.25) is 0 Å². The molecule has 0 bridgehead atoms. The van der Waals surface area contributed by atoms with Gasteiger partial charge in [-0.25, -0.2) is 0 Å². The van der Waals surface area contributed by atoms with Crippen LogP contribution in [0.2, 0.25) is 0 Å². The maximum atomic E-state index is 10.4. The van der Waals surface area contributed by atoms with Crippen LogP contribution in [0, 0.1) is 0 Å². The van der Waals surface area contributed by atoms with Gasteiger partial charge in [0.1, 0.15) is 6.04 Å². The Balaban J connectivity index is 0.000000217. The second kappa shape index (κ2) is 8.85. The van der Waals surface area contributed by atoms with E-state index in [-0.39, 0.29) is 0 Å². The summed E-state index contributed by atoms with van der Waals surface area (Å²) < 4.78 is 0. The van der Waals surface area contributed by atoms with Gasteiger partial charge in [0.25, 0.3) is 0 Å². The number of hydrogen-bond acceptors (Lipinski definition) is 3. The van der Waals surface area contributed by atoms with Crippen LogP contribution in [0.1, 0.15) is 11.1 Å². The minimum Gasteiger partial charge on any atom is -0.480 e. The van der Waals surface area contributed by atoms with E-state index in [0.29, 0.717) is 13.0 Å². The molecule has 20 heavy (non-hydrogen) atoms. The van der Waals surface area contributed by atoms with Crippen LogP contribution in [0.25, 0.3) is 0 Å². The van der Waals surface area contributed by atoms with Gasteiger partial charge in [0.15, 0.2) is 0 Å². The first-order chi connectivity index (χ1) is 9.63. The SMILES string of the molecule is NCc1ccccc1.N[C@@H](Cc1ccccc1)C(=O)O. The van der Waals surface area contributed by atoms with Gasteiger partial charge in [0.05, 0.1) is 0 Å². The fourth-order valence-electron chi connectivity index (χ4n) is 1.57. The summed E-state index contributed by atoms with van der Waals surface area (Å²) in [6.45, 7) is 0.640. The molecule has 5 N–H and O–H groups in total. The number of aliphatic carboxylic acids is 1. The molecule has 0 saturated heterocycles. The fourth-order valence-corrected chi connectivity index (χ4v) is 1.57. The van der Waals surface area contributed by atoms with Crippen molar-refractivity contribution in [3.8, 4) is 0 Å². The highest BCUT2D eigenvalue weighted by Gasteiger charge is 2.10. The third-order valence-electron chi connectivity index (χ3n) is 2.69. The normalized spacial score (nSPS) is 11.1. The molecule has 0 heterocycles. The standard InChI is InChI=1S/C9H11NO2.C7H9N/c10-8(9(11)12)6-7-4-2-1-3-5-7;8-6-7-4-2-1-3-5-7/h1-5,8H,6,10H2,(H,11,12);1-5H,6,8H2/t8-;/m0./s1. The predicted molar refractivity (Wildman–Crippen MR) is 80.1 cm³/mol. The number of rotatable bonds is 4. The number of benzene rings is 2. The third kappa shape index (κ3) is 6.13. The molecule has 0 radical (unpaired) electrons. The van der Waals surface area contributed by atoms with Crippen LogP contribution in [0.4, 0.5) is 0 Å². The highest BCUT2D eigenvalue weighted by atomic mass is 16.4. The van der Waals surface area contributed by atoms with E-state index >= 15 is 0 Å². The lowest BCUT2D eigenvalue weighted by molar-refractivity contribution is -0.138. The van der Waals surface area contributed by atoms with Gasteiger partial charge in [0, 0.05) is 6.54 Å². The largest absolute Gasteiger partial charge is 0.480 e. The van der Waals surface area contributed by atoms with Crippen molar-refractivity contribution in [2.75, 3.05) is 0 Å². The average molecular weight is 272 g/mol. The smallest absolute Gasteiger partial charge is 0.320 e. The van der Waals surface area contributed by atoms with Crippen LogP contribution in [-0.2, 0) is 17.8 Å². The summed E-state index contributed by atoms with van der Waals surface area (Å²) in [4.78, 5) is 10.4. The molecule has 0 aliphatic carbocycles. The van der Waals surface area contributed by atoms with Crippen molar-refractivity contribution in [1.82, 2.24) is 0 Å². The molecule has 0 spiro atoms. The second-order valence-corrected chi connectivity index (χ2v) is 4.32. The Bertz CT molecular complexity index is 500. The lowest BCUT2D eigenvalue weighted by Crippen LogP contribution is -2.32. The molecule has 106 valence electrons. The average Bonchev–Trinajstić information content (AvgIpc) is 2.49. The molecule has 0 fully saturated rings. The Hall–Kier alpha value is -2.17. The van der Waals surface area contributed by atoms with E-state index in [9.17, 15) is 4.79 Å². The van der Waals surface area contributed by atoms with Gasteiger partial charge in [-0.2, -0.15) is 0 Å². The van der Waals surface area contributed by atoms with Gasteiger partial charge in [-0.05, 0) is 17.5 Å². The fraction of sp³-hybridized carbons (Fsp3) is 0.188. The van der Waals surface area contributed by atoms with Crippen molar-refractivity contribution in [3.63, 3.8) is 0 Å². The Morgan fingerprint density at radius 3 is 1.75 bits per heavy atom. The summed E-state index contributed by atoms with van der Waals surface area (Å²) in [6, 6.07) is 18.5. The van der Waals surface area contributed by atoms with Gasteiger partial charge in [-0.3, -0.25) is 4.79 Å². The molecule has 1 atom stereocenters. The Labute approximate surface area is 119 Å². The maximum Gasteiger partial charge on any atom is 0.320 e. The molecule has 2 aromatic rings.